The number of aromatic nitrogens is 4. The van der Waals surface area contributed by atoms with Crippen molar-refractivity contribution in [3.8, 4) is 0 Å². The second-order valence-electron chi connectivity index (χ2n) is 5.69. The molecule has 110 valence electrons. The summed E-state index contributed by atoms with van der Waals surface area (Å²) in [5, 5.41) is 17.8. The first kappa shape index (κ1) is 15.1. The van der Waals surface area contributed by atoms with Gasteiger partial charge in [0.05, 0.1) is 11.4 Å². The third kappa shape index (κ3) is 3.04. The maximum Gasteiger partial charge on any atom is 0.207 e. The van der Waals surface area contributed by atoms with Crippen LogP contribution in [0.5, 0.6) is 0 Å². The molecular formula is C13H20N4O2S. The topological polar surface area (TPSA) is 77.0 Å². The van der Waals surface area contributed by atoms with E-state index in [2.05, 4.69) is 36.0 Å². The number of hydrogen-bond donors (Lipinski definition) is 1. The van der Waals surface area contributed by atoms with E-state index in [0.717, 1.165) is 10.9 Å². The van der Waals surface area contributed by atoms with Crippen LogP contribution in [0.1, 0.15) is 50.4 Å². The molecule has 0 saturated carbocycles. The summed E-state index contributed by atoms with van der Waals surface area (Å²) in [6.07, 6.45) is 1.78. The molecule has 0 spiro atoms. The molecule has 1 atom stereocenters. The summed E-state index contributed by atoms with van der Waals surface area (Å²) < 4.78 is 7.59. The largest absolute Gasteiger partial charge is 0.444 e. The Kier molecular flexibility index (Phi) is 4.19. The van der Waals surface area contributed by atoms with Crippen molar-refractivity contribution < 1.29 is 9.52 Å². The van der Waals surface area contributed by atoms with E-state index in [4.69, 9.17) is 9.52 Å². The lowest BCUT2D eigenvalue weighted by molar-refractivity contribution is 0.266. The minimum Gasteiger partial charge on any atom is -0.444 e. The summed E-state index contributed by atoms with van der Waals surface area (Å²) in [6, 6.07) is 0. The molecule has 20 heavy (non-hydrogen) atoms. The van der Waals surface area contributed by atoms with Crippen LogP contribution in [0.25, 0.3) is 0 Å². The lowest BCUT2D eigenvalue weighted by Gasteiger charge is -2.13. The third-order valence-corrected chi connectivity index (χ3v) is 4.08. The number of oxazole rings is 1. The Morgan fingerprint density at radius 3 is 2.60 bits per heavy atom. The van der Waals surface area contributed by atoms with E-state index < -0.39 is 0 Å². The van der Waals surface area contributed by atoms with E-state index in [1.165, 1.54) is 11.8 Å². The van der Waals surface area contributed by atoms with E-state index in [1.54, 1.807) is 10.8 Å². The van der Waals surface area contributed by atoms with Gasteiger partial charge in [0.2, 0.25) is 5.89 Å². The summed E-state index contributed by atoms with van der Waals surface area (Å²) in [7, 11) is 1.83. The fraction of sp³-hybridized carbons (Fsp3) is 0.615. The highest BCUT2D eigenvalue weighted by molar-refractivity contribution is 7.99. The SMILES string of the molecule is C[C@H](Sc1nnc(CO)n1C)c1ncc(C(C)(C)C)o1. The van der Waals surface area contributed by atoms with Crippen molar-refractivity contribution in [3.63, 3.8) is 0 Å². The van der Waals surface area contributed by atoms with Crippen LogP contribution in [0.4, 0.5) is 0 Å². The minimum atomic E-state index is -0.119. The van der Waals surface area contributed by atoms with Gasteiger partial charge in [0.15, 0.2) is 11.0 Å². The number of aliphatic hydroxyl groups excluding tert-OH is 1. The molecule has 0 aliphatic carbocycles. The smallest absolute Gasteiger partial charge is 0.207 e. The van der Waals surface area contributed by atoms with Crippen LogP contribution in [0.15, 0.2) is 15.8 Å². The van der Waals surface area contributed by atoms with Gasteiger partial charge in [0.25, 0.3) is 0 Å². The van der Waals surface area contributed by atoms with Gasteiger partial charge in [0.1, 0.15) is 12.4 Å². The van der Waals surface area contributed by atoms with E-state index in [9.17, 15) is 0 Å². The molecule has 2 heterocycles. The van der Waals surface area contributed by atoms with E-state index in [-0.39, 0.29) is 17.3 Å². The first-order valence-corrected chi connectivity index (χ1v) is 7.33. The van der Waals surface area contributed by atoms with Gasteiger partial charge >= 0.3 is 0 Å². The molecule has 7 heteroatoms. The van der Waals surface area contributed by atoms with Crippen LogP contribution in [0.3, 0.4) is 0 Å². The van der Waals surface area contributed by atoms with Crippen LogP contribution in [-0.4, -0.2) is 24.9 Å². The quantitative estimate of drug-likeness (QED) is 0.873. The third-order valence-electron chi connectivity index (χ3n) is 2.96. The predicted octanol–water partition coefficient (Wildman–Crippen LogP) is 2.45. The molecule has 1 N–H and O–H groups in total. The molecule has 0 fully saturated rings. The van der Waals surface area contributed by atoms with Gasteiger partial charge in [-0.05, 0) is 6.92 Å². The van der Waals surface area contributed by atoms with Gasteiger partial charge in [0, 0.05) is 12.5 Å². The molecule has 0 aromatic carbocycles. The van der Waals surface area contributed by atoms with Gasteiger partial charge in [-0.2, -0.15) is 0 Å². The molecule has 2 aromatic heterocycles. The zero-order valence-corrected chi connectivity index (χ0v) is 13.2. The van der Waals surface area contributed by atoms with Crippen LogP contribution >= 0.6 is 11.8 Å². The Morgan fingerprint density at radius 1 is 1.40 bits per heavy atom. The Labute approximate surface area is 122 Å². The molecule has 0 bridgehead atoms. The minimum absolute atomic E-state index is 0.0283. The lowest BCUT2D eigenvalue weighted by atomic mass is 9.94. The zero-order chi connectivity index (χ0) is 14.9. The highest BCUT2D eigenvalue weighted by Crippen LogP contribution is 2.35. The zero-order valence-electron chi connectivity index (χ0n) is 12.4. The number of aliphatic hydroxyl groups is 1. The highest BCUT2D eigenvalue weighted by Gasteiger charge is 2.23. The lowest BCUT2D eigenvalue weighted by Crippen LogP contribution is -2.09. The van der Waals surface area contributed by atoms with Crippen molar-refractivity contribution in [1.29, 1.82) is 0 Å². The van der Waals surface area contributed by atoms with E-state index in [0.29, 0.717) is 11.7 Å². The van der Waals surface area contributed by atoms with Gasteiger partial charge < -0.3 is 14.1 Å². The first-order chi connectivity index (χ1) is 9.32. The number of hydrogen-bond acceptors (Lipinski definition) is 6. The number of thioether (sulfide) groups is 1. The highest BCUT2D eigenvalue weighted by atomic mass is 32.2. The standard InChI is InChI=1S/C13H20N4O2S/c1-8(11-14-6-9(19-11)13(2,3)4)20-12-16-15-10(7-18)17(12)5/h6,8,18H,7H2,1-5H3/t8-/m0/s1. The summed E-state index contributed by atoms with van der Waals surface area (Å²) in [5.41, 5.74) is -0.0511. The Balaban J connectivity index is 2.13. The molecular weight excluding hydrogens is 276 g/mol. The summed E-state index contributed by atoms with van der Waals surface area (Å²) in [4.78, 5) is 4.34. The van der Waals surface area contributed by atoms with Crippen LogP contribution in [0, 0.1) is 0 Å². The molecule has 6 nitrogen and oxygen atoms in total. The monoisotopic (exact) mass is 296 g/mol. The fourth-order valence-electron chi connectivity index (χ4n) is 1.62. The van der Waals surface area contributed by atoms with Gasteiger partial charge in [-0.1, -0.05) is 32.5 Å². The van der Waals surface area contributed by atoms with Crippen molar-refractivity contribution >= 4 is 11.8 Å². The second-order valence-corrected chi connectivity index (χ2v) is 7.00. The molecule has 0 amide bonds. The average molecular weight is 296 g/mol. The molecule has 0 saturated heterocycles. The van der Waals surface area contributed by atoms with Crippen molar-refractivity contribution in [3.05, 3.63) is 23.7 Å². The van der Waals surface area contributed by atoms with Gasteiger partial charge in [-0.25, -0.2) is 4.98 Å². The molecule has 2 aromatic rings. The summed E-state index contributed by atoms with van der Waals surface area (Å²) in [6.45, 7) is 8.16. The van der Waals surface area contributed by atoms with Crippen molar-refractivity contribution in [2.75, 3.05) is 0 Å². The summed E-state index contributed by atoms with van der Waals surface area (Å²) >= 11 is 1.51. The van der Waals surface area contributed by atoms with Crippen molar-refractivity contribution in [1.82, 2.24) is 19.7 Å². The summed E-state index contributed by atoms with van der Waals surface area (Å²) in [5.74, 6) is 2.09. The number of rotatable bonds is 4. The first-order valence-electron chi connectivity index (χ1n) is 6.45. The molecule has 0 unspecified atom stereocenters. The van der Waals surface area contributed by atoms with Gasteiger partial charge in [-0.15, -0.1) is 10.2 Å². The fourth-order valence-corrected chi connectivity index (χ4v) is 2.49. The maximum absolute atomic E-state index is 9.11. The van der Waals surface area contributed by atoms with E-state index >= 15 is 0 Å². The van der Waals surface area contributed by atoms with Crippen LogP contribution < -0.4 is 0 Å². The molecule has 0 aliphatic rings. The Morgan fingerprint density at radius 2 is 2.10 bits per heavy atom. The maximum atomic E-state index is 9.11. The Hall–Kier alpha value is -1.34. The molecule has 0 radical (unpaired) electrons. The van der Waals surface area contributed by atoms with E-state index in [1.807, 2.05) is 14.0 Å². The van der Waals surface area contributed by atoms with Crippen LogP contribution in [0.2, 0.25) is 0 Å². The second kappa shape index (κ2) is 5.57. The van der Waals surface area contributed by atoms with Crippen molar-refractivity contribution in [2.24, 2.45) is 7.05 Å². The molecule has 0 aliphatic heterocycles. The van der Waals surface area contributed by atoms with Crippen LogP contribution in [-0.2, 0) is 19.1 Å². The molecule has 2 rings (SSSR count). The predicted molar refractivity (Wildman–Crippen MR) is 76.4 cm³/mol. The van der Waals surface area contributed by atoms with Crippen molar-refractivity contribution in [2.45, 2.75) is 50.1 Å². The van der Waals surface area contributed by atoms with Gasteiger partial charge in [-0.3, -0.25) is 0 Å². The Bertz CT molecular complexity index is 585. The number of nitrogens with zero attached hydrogens (tertiary/aromatic N) is 4. The average Bonchev–Trinajstić information content (AvgIpc) is 2.97. The normalized spacial score (nSPS) is 13.7.